The quantitative estimate of drug-likeness (QED) is 0.415. The average Bonchev–Trinajstić information content (AvgIpc) is 3.33. The van der Waals surface area contributed by atoms with Gasteiger partial charge in [0.1, 0.15) is 0 Å². The molecular formula is C19H26O6. The summed E-state index contributed by atoms with van der Waals surface area (Å²) in [4.78, 5) is 25.0. The van der Waals surface area contributed by atoms with Crippen LogP contribution < -0.4 is 0 Å². The molecule has 4 rings (SSSR count). The van der Waals surface area contributed by atoms with Crippen molar-refractivity contribution in [2.24, 2.45) is 29.6 Å². The zero-order chi connectivity index (χ0) is 17.8. The topological polar surface area (TPSA) is 71.1 Å². The first-order valence-corrected chi connectivity index (χ1v) is 9.36. The predicted octanol–water partition coefficient (Wildman–Crippen LogP) is 2.07. The number of allylic oxidation sites excluding steroid dienone is 2. The molecule has 2 aliphatic carbocycles. The number of rotatable bonds is 6. The maximum Gasteiger partial charge on any atom is 0.379 e. The molecule has 1 saturated carbocycles. The SMILES string of the molecule is CCOC(=O)C(C)(OCC)OC(=O)C1CC2OC1C1C3C=CC(C3)C21. The fraction of sp³-hybridized carbons (Fsp3) is 0.789. The smallest absolute Gasteiger partial charge is 0.379 e. The van der Waals surface area contributed by atoms with Gasteiger partial charge in [0, 0.05) is 13.5 Å². The molecule has 2 saturated heterocycles. The largest absolute Gasteiger partial charge is 0.461 e. The van der Waals surface area contributed by atoms with Crippen molar-refractivity contribution < 1.29 is 28.5 Å². The van der Waals surface area contributed by atoms with Crippen molar-refractivity contribution in [3.8, 4) is 0 Å². The normalized spacial score (nSPS) is 42.3. The molecule has 6 nitrogen and oxygen atoms in total. The molecule has 2 heterocycles. The lowest BCUT2D eigenvalue weighted by Crippen LogP contribution is -2.48. The first-order valence-electron chi connectivity index (χ1n) is 9.36. The van der Waals surface area contributed by atoms with Crippen LogP contribution in [0.1, 0.15) is 33.6 Å². The second-order valence-corrected chi connectivity index (χ2v) is 7.60. The number of hydrogen-bond acceptors (Lipinski definition) is 6. The zero-order valence-electron chi connectivity index (χ0n) is 15.0. The number of esters is 2. The Balaban J connectivity index is 1.47. The van der Waals surface area contributed by atoms with Crippen molar-refractivity contribution >= 4 is 11.9 Å². The Hall–Kier alpha value is -1.40. The van der Waals surface area contributed by atoms with Crippen molar-refractivity contribution in [2.45, 2.75) is 51.6 Å². The Morgan fingerprint density at radius 1 is 1.12 bits per heavy atom. The number of carbonyl (C=O) groups excluding carboxylic acids is 2. The van der Waals surface area contributed by atoms with E-state index in [1.807, 2.05) is 0 Å². The minimum absolute atomic E-state index is 0.101. The van der Waals surface area contributed by atoms with E-state index < -0.39 is 17.7 Å². The van der Waals surface area contributed by atoms with Gasteiger partial charge in [-0.1, -0.05) is 12.2 Å². The van der Waals surface area contributed by atoms with Gasteiger partial charge in [0.2, 0.25) is 0 Å². The van der Waals surface area contributed by atoms with Crippen LogP contribution in [0.2, 0.25) is 0 Å². The molecule has 0 N–H and O–H groups in total. The van der Waals surface area contributed by atoms with Gasteiger partial charge in [0.25, 0.3) is 0 Å². The number of fused-ring (bicyclic) bond motifs is 9. The van der Waals surface area contributed by atoms with Crippen LogP contribution in [0.15, 0.2) is 12.2 Å². The number of hydrogen-bond donors (Lipinski definition) is 0. The molecule has 0 spiro atoms. The lowest BCUT2D eigenvalue weighted by atomic mass is 9.69. The zero-order valence-corrected chi connectivity index (χ0v) is 15.0. The van der Waals surface area contributed by atoms with Gasteiger partial charge in [-0.25, -0.2) is 4.79 Å². The average molecular weight is 350 g/mol. The predicted molar refractivity (Wildman–Crippen MR) is 87.2 cm³/mol. The van der Waals surface area contributed by atoms with Gasteiger partial charge >= 0.3 is 17.7 Å². The van der Waals surface area contributed by atoms with Crippen molar-refractivity contribution in [1.29, 1.82) is 0 Å². The summed E-state index contributed by atoms with van der Waals surface area (Å²) in [7, 11) is 0. The van der Waals surface area contributed by atoms with E-state index in [9.17, 15) is 9.59 Å². The van der Waals surface area contributed by atoms with Gasteiger partial charge in [-0.2, -0.15) is 0 Å². The van der Waals surface area contributed by atoms with Crippen molar-refractivity contribution in [1.82, 2.24) is 0 Å². The Morgan fingerprint density at radius 2 is 1.84 bits per heavy atom. The lowest BCUT2D eigenvalue weighted by molar-refractivity contribution is -0.239. The molecule has 6 heteroatoms. The summed E-state index contributed by atoms with van der Waals surface area (Å²) in [5.74, 6) is -1.03. The molecule has 3 fully saturated rings. The molecule has 0 aromatic rings. The monoisotopic (exact) mass is 350 g/mol. The summed E-state index contributed by atoms with van der Waals surface area (Å²) >= 11 is 0. The number of carbonyl (C=O) groups is 2. The molecule has 0 radical (unpaired) electrons. The highest BCUT2D eigenvalue weighted by Gasteiger charge is 2.64. The van der Waals surface area contributed by atoms with Crippen LogP contribution in [0.5, 0.6) is 0 Å². The third-order valence-electron chi connectivity index (χ3n) is 6.27. The second-order valence-electron chi connectivity index (χ2n) is 7.60. The van der Waals surface area contributed by atoms with E-state index in [2.05, 4.69) is 12.2 Å². The molecule has 0 aromatic heterocycles. The fourth-order valence-corrected chi connectivity index (χ4v) is 5.39. The van der Waals surface area contributed by atoms with Crippen LogP contribution in [0, 0.1) is 29.6 Å². The lowest BCUT2D eigenvalue weighted by Gasteiger charge is -2.34. The van der Waals surface area contributed by atoms with Crippen molar-refractivity contribution in [2.75, 3.05) is 13.2 Å². The third kappa shape index (κ3) is 2.53. The molecule has 8 unspecified atom stereocenters. The molecule has 138 valence electrons. The molecule has 4 aliphatic rings. The Labute approximate surface area is 147 Å². The van der Waals surface area contributed by atoms with Gasteiger partial charge < -0.3 is 18.9 Å². The van der Waals surface area contributed by atoms with E-state index in [1.54, 1.807) is 13.8 Å². The molecular weight excluding hydrogens is 324 g/mol. The van der Waals surface area contributed by atoms with Gasteiger partial charge in [0.15, 0.2) is 0 Å². The van der Waals surface area contributed by atoms with E-state index in [0.717, 1.165) is 0 Å². The van der Waals surface area contributed by atoms with Crippen LogP contribution in [-0.2, 0) is 28.5 Å². The maximum atomic E-state index is 12.8. The molecule has 8 atom stereocenters. The van der Waals surface area contributed by atoms with Gasteiger partial charge in [-0.3, -0.25) is 4.79 Å². The van der Waals surface area contributed by atoms with Crippen LogP contribution in [0.4, 0.5) is 0 Å². The molecule has 0 amide bonds. The summed E-state index contributed by atoms with van der Waals surface area (Å²) in [5, 5.41) is 0. The first kappa shape index (κ1) is 17.0. The van der Waals surface area contributed by atoms with Crippen LogP contribution in [0.25, 0.3) is 0 Å². The van der Waals surface area contributed by atoms with Gasteiger partial charge in [-0.05, 0) is 50.4 Å². The Bertz CT molecular complexity index is 601. The van der Waals surface area contributed by atoms with E-state index in [-0.39, 0.29) is 31.3 Å². The van der Waals surface area contributed by atoms with Crippen LogP contribution in [0.3, 0.4) is 0 Å². The Morgan fingerprint density at radius 3 is 2.52 bits per heavy atom. The fourth-order valence-electron chi connectivity index (χ4n) is 5.39. The minimum Gasteiger partial charge on any atom is -0.461 e. The van der Waals surface area contributed by atoms with Crippen molar-refractivity contribution in [3.05, 3.63) is 12.2 Å². The standard InChI is InChI=1S/C19H26O6/c1-4-22-18(21)19(3,23-5-2)25-17(20)12-9-13-14-10-6-7-11(8-10)15(14)16(12)24-13/h6-7,10-16H,4-5,8-9H2,1-3H3. The van der Waals surface area contributed by atoms with E-state index in [0.29, 0.717) is 30.1 Å². The van der Waals surface area contributed by atoms with E-state index >= 15 is 0 Å². The van der Waals surface area contributed by atoms with Crippen LogP contribution in [-0.4, -0.2) is 43.1 Å². The highest BCUT2D eigenvalue weighted by Crippen LogP contribution is 2.61. The highest BCUT2D eigenvalue weighted by molar-refractivity contribution is 5.83. The van der Waals surface area contributed by atoms with Gasteiger partial charge in [-0.15, -0.1) is 0 Å². The third-order valence-corrected chi connectivity index (χ3v) is 6.27. The van der Waals surface area contributed by atoms with Gasteiger partial charge in [0.05, 0.1) is 24.7 Å². The molecule has 4 bridgehead atoms. The second kappa shape index (κ2) is 6.09. The van der Waals surface area contributed by atoms with Crippen LogP contribution >= 0.6 is 0 Å². The highest BCUT2D eigenvalue weighted by atomic mass is 16.7. The van der Waals surface area contributed by atoms with E-state index in [4.69, 9.17) is 18.9 Å². The molecule has 2 aliphatic heterocycles. The summed E-state index contributed by atoms with van der Waals surface area (Å²) in [6, 6.07) is 0. The minimum atomic E-state index is -1.70. The Kier molecular flexibility index (Phi) is 4.15. The summed E-state index contributed by atoms with van der Waals surface area (Å²) in [6.07, 6.45) is 6.49. The summed E-state index contributed by atoms with van der Waals surface area (Å²) in [6.45, 7) is 5.35. The molecule has 25 heavy (non-hydrogen) atoms. The molecule has 0 aromatic carbocycles. The first-order chi connectivity index (χ1) is 12.0. The summed E-state index contributed by atoms with van der Waals surface area (Å²) < 4.78 is 22.1. The number of ether oxygens (including phenoxy) is 4. The van der Waals surface area contributed by atoms with Crippen molar-refractivity contribution in [3.63, 3.8) is 0 Å². The van der Waals surface area contributed by atoms with E-state index in [1.165, 1.54) is 13.3 Å². The maximum absolute atomic E-state index is 12.8. The summed E-state index contributed by atoms with van der Waals surface area (Å²) in [5.41, 5.74) is 0.